The molecule has 114 valence electrons. The summed E-state index contributed by atoms with van der Waals surface area (Å²) in [6.07, 6.45) is 4.60. The molecular weight excluding hydrogens is 295 g/mol. The van der Waals surface area contributed by atoms with Gasteiger partial charge in [0, 0.05) is 30.3 Å². The highest BCUT2D eigenvalue weighted by molar-refractivity contribution is 7.89. The van der Waals surface area contributed by atoms with E-state index in [0.29, 0.717) is 17.4 Å². The van der Waals surface area contributed by atoms with Crippen molar-refractivity contribution in [2.45, 2.75) is 36.8 Å². The van der Waals surface area contributed by atoms with Gasteiger partial charge < -0.3 is 9.30 Å². The first-order valence-electron chi connectivity index (χ1n) is 6.88. The number of rotatable bonds is 3. The second-order valence-electron chi connectivity index (χ2n) is 5.34. The molecule has 0 radical (unpaired) electrons. The number of ether oxygens (including phenoxy) is 1. The average Bonchev–Trinajstić information content (AvgIpc) is 2.78. The Labute approximate surface area is 122 Å². The second-order valence-corrected chi connectivity index (χ2v) is 6.87. The molecule has 2 heterocycles. The molecule has 21 heavy (non-hydrogen) atoms. The second kappa shape index (κ2) is 5.40. The highest BCUT2D eigenvalue weighted by atomic mass is 32.2. The van der Waals surface area contributed by atoms with Crippen LogP contribution >= 0.6 is 0 Å². The summed E-state index contributed by atoms with van der Waals surface area (Å²) in [6.45, 7) is 1.26. The SMILES string of the molecule is NS(=O)(=O)c1cn(CC2CCCCO2)c2ccc(F)cc12. The van der Waals surface area contributed by atoms with Gasteiger partial charge in [0.15, 0.2) is 0 Å². The van der Waals surface area contributed by atoms with Gasteiger partial charge in [-0.25, -0.2) is 17.9 Å². The van der Waals surface area contributed by atoms with Gasteiger partial charge in [-0.1, -0.05) is 0 Å². The molecule has 0 bridgehead atoms. The number of hydrogen-bond acceptors (Lipinski definition) is 3. The van der Waals surface area contributed by atoms with Crippen molar-refractivity contribution in [3.8, 4) is 0 Å². The van der Waals surface area contributed by atoms with Crippen LogP contribution in [0.25, 0.3) is 10.9 Å². The fourth-order valence-corrected chi connectivity index (χ4v) is 3.53. The lowest BCUT2D eigenvalue weighted by molar-refractivity contribution is 0.00664. The molecule has 0 amide bonds. The number of nitrogens with zero attached hydrogens (tertiary/aromatic N) is 1. The zero-order chi connectivity index (χ0) is 15.0. The van der Waals surface area contributed by atoms with E-state index in [2.05, 4.69) is 0 Å². The summed E-state index contributed by atoms with van der Waals surface area (Å²) in [5.74, 6) is -0.487. The van der Waals surface area contributed by atoms with Crippen molar-refractivity contribution in [2.75, 3.05) is 6.61 Å². The van der Waals surface area contributed by atoms with Crippen molar-refractivity contribution in [2.24, 2.45) is 5.14 Å². The average molecular weight is 312 g/mol. The highest BCUT2D eigenvalue weighted by Gasteiger charge is 2.21. The Hall–Kier alpha value is -1.44. The largest absolute Gasteiger partial charge is 0.376 e. The van der Waals surface area contributed by atoms with Crippen LogP contribution < -0.4 is 5.14 Å². The Morgan fingerprint density at radius 1 is 1.38 bits per heavy atom. The molecule has 0 saturated carbocycles. The maximum atomic E-state index is 13.4. The van der Waals surface area contributed by atoms with Crippen LogP contribution in [0.15, 0.2) is 29.3 Å². The lowest BCUT2D eigenvalue weighted by Crippen LogP contribution is -2.24. The Bertz CT molecular complexity index is 764. The van der Waals surface area contributed by atoms with Crippen LogP contribution in [-0.4, -0.2) is 25.7 Å². The highest BCUT2D eigenvalue weighted by Crippen LogP contribution is 2.27. The smallest absolute Gasteiger partial charge is 0.240 e. The molecule has 2 aromatic rings. The van der Waals surface area contributed by atoms with Crippen LogP contribution in [0, 0.1) is 5.82 Å². The van der Waals surface area contributed by atoms with Crippen LogP contribution in [0.4, 0.5) is 4.39 Å². The molecule has 0 spiro atoms. The minimum Gasteiger partial charge on any atom is -0.376 e. The van der Waals surface area contributed by atoms with E-state index in [9.17, 15) is 12.8 Å². The van der Waals surface area contributed by atoms with Gasteiger partial charge in [0.25, 0.3) is 0 Å². The van der Waals surface area contributed by atoms with Crippen LogP contribution in [0.2, 0.25) is 0 Å². The number of sulfonamides is 1. The molecule has 1 aromatic heterocycles. The molecule has 1 fully saturated rings. The van der Waals surface area contributed by atoms with E-state index in [0.717, 1.165) is 25.9 Å². The van der Waals surface area contributed by atoms with Crippen LogP contribution in [0.5, 0.6) is 0 Å². The van der Waals surface area contributed by atoms with E-state index < -0.39 is 15.8 Å². The van der Waals surface area contributed by atoms with E-state index >= 15 is 0 Å². The van der Waals surface area contributed by atoms with E-state index in [-0.39, 0.29) is 11.0 Å². The number of primary sulfonamides is 1. The van der Waals surface area contributed by atoms with Gasteiger partial charge in [0.1, 0.15) is 10.7 Å². The van der Waals surface area contributed by atoms with E-state index in [4.69, 9.17) is 9.88 Å². The number of hydrogen-bond donors (Lipinski definition) is 1. The molecule has 7 heteroatoms. The Morgan fingerprint density at radius 2 is 2.19 bits per heavy atom. The first kappa shape index (κ1) is 14.5. The van der Waals surface area contributed by atoms with Gasteiger partial charge in [-0.15, -0.1) is 0 Å². The van der Waals surface area contributed by atoms with Gasteiger partial charge in [-0.05, 0) is 37.5 Å². The number of nitrogens with two attached hydrogens (primary N) is 1. The van der Waals surface area contributed by atoms with Gasteiger partial charge in [0.05, 0.1) is 6.10 Å². The zero-order valence-electron chi connectivity index (χ0n) is 11.5. The molecule has 3 rings (SSSR count). The van der Waals surface area contributed by atoms with E-state index in [1.54, 1.807) is 10.6 Å². The van der Waals surface area contributed by atoms with Crippen molar-refractivity contribution in [3.05, 3.63) is 30.2 Å². The lowest BCUT2D eigenvalue weighted by Gasteiger charge is -2.23. The third-order valence-corrected chi connectivity index (χ3v) is 4.73. The molecule has 1 aliphatic heterocycles. The summed E-state index contributed by atoms with van der Waals surface area (Å²) >= 11 is 0. The Kier molecular flexibility index (Phi) is 3.73. The quantitative estimate of drug-likeness (QED) is 0.942. The van der Waals surface area contributed by atoms with E-state index in [1.807, 2.05) is 0 Å². The summed E-state index contributed by atoms with van der Waals surface area (Å²) in [6, 6.07) is 4.09. The fraction of sp³-hybridized carbons (Fsp3) is 0.429. The first-order valence-corrected chi connectivity index (χ1v) is 8.42. The van der Waals surface area contributed by atoms with Crippen molar-refractivity contribution in [3.63, 3.8) is 0 Å². The standard InChI is InChI=1S/C14H17FN2O3S/c15-10-4-5-13-12(7-10)14(21(16,18)19)9-17(13)8-11-3-1-2-6-20-11/h4-5,7,9,11H,1-3,6,8H2,(H2,16,18,19). The maximum Gasteiger partial charge on any atom is 0.240 e. The summed E-state index contributed by atoms with van der Waals surface area (Å²) in [5, 5.41) is 5.54. The third kappa shape index (κ3) is 2.95. The Morgan fingerprint density at radius 3 is 2.86 bits per heavy atom. The fourth-order valence-electron chi connectivity index (χ4n) is 2.79. The van der Waals surface area contributed by atoms with Gasteiger partial charge >= 0.3 is 0 Å². The molecule has 1 aromatic carbocycles. The van der Waals surface area contributed by atoms with Gasteiger partial charge in [-0.2, -0.15) is 0 Å². The maximum absolute atomic E-state index is 13.4. The normalized spacial score (nSPS) is 20.0. The van der Waals surface area contributed by atoms with Crippen molar-refractivity contribution in [1.82, 2.24) is 4.57 Å². The number of aromatic nitrogens is 1. The summed E-state index contributed by atoms with van der Waals surface area (Å²) in [5.41, 5.74) is 0.648. The minimum atomic E-state index is -3.89. The Balaban J connectivity index is 2.06. The molecule has 1 saturated heterocycles. The summed E-state index contributed by atoms with van der Waals surface area (Å²) in [4.78, 5) is -0.0483. The summed E-state index contributed by atoms with van der Waals surface area (Å²) < 4.78 is 44.2. The van der Waals surface area contributed by atoms with Crippen LogP contribution in [0.1, 0.15) is 19.3 Å². The predicted octanol–water partition coefficient (Wildman–Crippen LogP) is 2.00. The molecule has 5 nitrogen and oxygen atoms in total. The zero-order valence-corrected chi connectivity index (χ0v) is 12.3. The predicted molar refractivity (Wildman–Crippen MR) is 76.9 cm³/mol. The van der Waals surface area contributed by atoms with Gasteiger partial charge in [-0.3, -0.25) is 0 Å². The van der Waals surface area contributed by atoms with Crippen molar-refractivity contribution in [1.29, 1.82) is 0 Å². The van der Waals surface area contributed by atoms with Crippen LogP contribution in [0.3, 0.4) is 0 Å². The topological polar surface area (TPSA) is 74.3 Å². The van der Waals surface area contributed by atoms with Crippen molar-refractivity contribution >= 4 is 20.9 Å². The molecular formula is C14H17FN2O3S. The van der Waals surface area contributed by atoms with E-state index in [1.165, 1.54) is 18.3 Å². The molecule has 1 aliphatic rings. The van der Waals surface area contributed by atoms with Crippen LogP contribution in [-0.2, 0) is 21.3 Å². The number of benzene rings is 1. The number of fused-ring (bicyclic) bond motifs is 1. The monoisotopic (exact) mass is 312 g/mol. The number of halogens is 1. The van der Waals surface area contributed by atoms with Gasteiger partial charge in [0.2, 0.25) is 10.0 Å². The summed E-state index contributed by atoms with van der Waals surface area (Å²) in [7, 11) is -3.89. The molecule has 2 N–H and O–H groups in total. The minimum absolute atomic E-state index is 0.0483. The lowest BCUT2D eigenvalue weighted by atomic mass is 10.1. The molecule has 0 aliphatic carbocycles. The third-order valence-electron chi connectivity index (χ3n) is 3.79. The molecule has 1 unspecified atom stereocenters. The van der Waals surface area contributed by atoms with Crippen molar-refractivity contribution < 1.29 is 17.5 Å². The molecule has 1 atom stereocenters. The first-order chi connectivity index (χ1) is 9.95.